The molecular formula is C44H61ClN4O2. The fourth-order valence-electron chi connectivity index (χ4n) is 7.55. The van der Waals surface area contributed by atoms with Crippen LogP contribution in [0.3, 0.4) is 0 Å². The van der Waals surface area contributed by atoms with Gasteiger partial charge in [-0.3, -0.25) is 9.48 Å². The number of ether oxygens (including phenoxy) is 1. The Labute approximate surface area is 312 Å². The molecule has 5 rings (SSSR count). The van der Waals surface area contributed by atoms with E-state index in [1.165, 1.54) is 74.9 Å². The molecule has 0 fully saturated rings. The molecule has 1 aliphatic carbocycles. The predicted molar refractivity (Wildman–Crippen MR) is 216 cm³/mol. The normalized spacial score (nSPS) is 12.8. The van der Waals surface area contributed by atoms with Crippen LogP contribution >= 0.6 is 11.6 Å². The average Bonchev–Trinajstić information content (AvgIpc) is 3.58. The molecule has 0 saturated heterocycles. The van der Waals surface area contributed by atoms with E-state index in [0.717, 1.165) is 74.4 Å². The maximum atomic E-state index is 9.06. The van der Waals surface area contributed by atoms with Gasteiger partial charge in [-0.25, -0.2) is 0 Å². The second kappa shape index (κ2) is 18.6. The number of unbranched alkanes of at least 4 members (excludes halogenated alkanes) is 3. The number of aryl methyl sites for hydroxylation is 3. The maximum Gasteiger partial charge on any atom is 0.206 e. The van der Waals surface area contributed by atoms with Crippen molar-refractivity contribution in [2.45, 2.75) is 119 Å². The van der Waals surface area contributed by atoms with Gasteiger partial charge < -0.3 is 14.6 Å². The van der Waals surface area contributed by atoms with E-state index < -0.39 is 0 Å². The van der Waals surface area contributed by atoms with E-state index in [2.05, 4.69) is 100 Å². The highest BCUT2D eigenvalue weighted by Gasteiger charge is 2.33. The molecule has 2 aromatic carbocycles. The zero-order valence-corrected chi connectivity index (χ0v) is 33.3. The molecule has 0 saturated carbocycles. The number of rotatable bonds is 16. The van der Waals surface area contributed by atoms with E-state index in [1.807, 2.05) is 11.7 Å². The highest BCUT2D eigenvalue weighted by molar-refractivity contribution is 6.33. The standard InChI is InChI=1S/C42H56ClN3O.C2H5NO/c1-9-37-38(29(3)45(8)44-37)39-36(43)26-25-35-34(24-15-13-20-32-22-18-21-31-19-12-14-23-33(31)32)40(30(4)47-10-2)46(41(35)39)28-17-11-16-27-42(5,6)7;1-3-2-4/h12,14,18-19,21-23H,4,9-11,13,15-17,20,24-28H2,1-3,5-8H3;2H,1H3,(H,3,4). The Hall–Kier alpha value is -3.77. The van der Waals surface area contributed by atoms with Crippen molar-refractivity contribution in [3.63, 3.8) is 0 Å². The van der Waals surface area contributed by atoms with Gasteiger partial charge in [0.1, 0.15) is 5.76 Å². The molecule has 0 bridgehead atoms. The van der Waals surface area contributed by atoms with Crippen molar-refractivity contribution < 1.29 is 9.53 Å². The minimum absolute atomic E-state index is 0.359. The first kappa shape index (κ1) is 40.0. The van der Waals surface area contributed by atoms with E-state index in [4.69, 9.17) is 26.2 Å². The molecule has 1 N–H and O–H groups in total. The first-order chi connectivity index (χ1) is 24.5. The van der Waals surface area contributed by atoms with Crippen molar-refractivity contribution in [2.24, 2.45) is 12.5 Å². The summed E-state index contributed by atoms with van der Waals surface area (Å²) in [6, 6.07) is 15.5. The molecule has 4 aromatic rings. The second-order valence-corrected chi connectivity index (χ2v) is 15.4. The summed E-state index contributed by atoms with van der Waals surface area (Å²) in [4.78, 5) is 9.06. The van der Waals surface area contributed by atoms with Crippen LogP contribution < -0.4 is 5.32 Å². The number of halogens is 1. The van der Waals surface area contributed by atoms with Gasteiger partial charge >= 0.3 is 0 Å². The molecule has 7 heteroatoms. The molecule has 276 valence electrons. The van der Waals surface area contributed by atoms with Crippen molar-refractivity contribution >= 4 is 40.1 Å². The monoisotopic (exact) mass is 712 g/mol. The quantitative estimate of drug-likeness (QED) is 0.0714. The Morgan fingerprint density at radius 2 is 1.73 bits per heavy atom. The van der Waals surface area contributed by atoms with Crippen LogP contribution in [0.25, 0.3) is 22.1 Å². The summed E-state index contributed by atoms with van der Waals surface area (Å²) in [5.41, 5.74) is 11.8. The molecule has 0 unspecified atom stereocenters. The Balaban J connectivity index is 0.00000138. The highest BCUT2D eigenvalue weighted by Crippen LogP contribution is 2.45. The minimum Gasteiger partial charge on any atom is -0.492 e. The molecule has 2 heterocycles. The van der Waals surface area contributed by atoms with Crippen molar-refractivity contribution in [3.8, 4) is 0 Å². The van der Waals surface area contributed by atoms with Crippen LogP contribution in [0.5, 0.6) is 0 Å². The lowest BCUT2D eigenvalue weighted by atomic mass is 9.87. The van der Waals surface area contributed by atoms with Crippen LogP contribution in [0.15, 0.2) is 54.1 Å². The molecule has 51 heavy (non-hydrogen) atoms. The number of hydrogen-bond acceptors (Lipinski definition) is 3. The summed E-state index contributed by atoms with van der Waals surface area (Å²) >= 11 is 7.28. The summed E-state index contributed by atoms with van der Waals surface area (Å²) in [5, 5.41) is 10.8. The molecule has 0 spiro atoms. The Morgan fingerprint density at radius 3 is 2.41 bits per heavy atom. The summed E-state index contributed by atoms with van der Waals surface area (Å²) in [7, 11) is 3.61. The van der Waals surface area contributed by atoms with Crippen molar-refractivity contribution in [1.82, 2.24) is 19.7 Å². The molecule has 1 amide bonds. The van der Waals surface area contributed by atoms with Crippen LogP contribution in [0.4, 0.5) is 0 Å². The van der Waals surface area contributed by atoms with Gasteiger partial charge in [0.2, 0.25) is 6.41 Å². The summed E-state index contributed by atoms with van der Waals surface area (Å²) in [5.74, 6) is 0.787. The number of hydrogen-bond donors (Lipinski definition) is 1. The summed E-state index contributed by atoms with van der Waals surface area (Å²) < 4.78 is 10.8. The smallest absolute Gasteiger partial charge is 0.206 e. The topological polar surface area (TPSA) is 61.1 Å². The molecule has 6 nitrogen and oxygen atoms in total. The van der Waals surface area contributed by atoms with Crippen molar-refractivity contribution in [2.75, 3.05) is 13.7 Å². The van der Waals surface area contributed by atoms with Crippen LogP contribution in [0.2, 0.25) is 0 Å². The lowest BCUT2D eigenvalue weighted by Crippen LogP contribution is -2.13. The van der Waals surface area contributed by atoms with Gasteiger partial charge in [0.25, 0.3) is 0 Å². The summed E-state index contributed by atoms with van der Waals surface area (Å²) in [6.07, 6.45) is 12.4. The number of allylic oxidation sites excluding steroid dienone is 1. The first-order valence-corrected chi connectivity index (χ1v) is 19.4. The Morgan fingerprint density at radius 1 is 1.02 bits per heavy atom. The lowest BCUT2D eigenvalue weighted by molar-refractivity contribution is -0.109. The lowest BCUT2D eigenvalue weighted by Gasteiger charge is -2.23. The number of aromatic nitrogens is 3. The third-order valence-corrected chi connectivity index (χ3v) is 10.5. The Kier molecular flexibility index (Phi) is 14.6. The molecule has 1 aliphatic rings. The molecule has 0 aliphatic heterocycles. The number of nitrogens with zero attached hydrogens (tertiary/aromatic N) is 3. The van der Waals surface area contributed by atoms with Gasteiger partial charge in [0.15, 0.2) is 0 Å². The molecule has 0 atom stereocenters. The average molecular weight is 713 g/mol. The fourth-order valence-corrected chi connectivity index (χ4v) is 7.83. The van der Waals surface area contributed by atoms with Crippen molar-refractivity contribution in [1.29, 1.82) is 0 Å². The highest BCUT2D eigenvalue weighted by atomic mass is 35.5. The number of carbonyl (C=O) groups is 1. The predicted octanol–water partition coefficient (Wildman–Crippen LogP) is 10.7. The zero-order chi connectivity index (χ0) is 37.1. The van der Waals surface area contributed by atoms with Gasteiger partial charge in [-0.1, -0.05) is 101 Å². The largest absolute Gasteiger partial charge is 0.492 e. The summed E-state index contributed by atoms with van der Waals surface area (Å²) in [6.45, 7) is 19.5. The second-order valence-electron chi connectivity index (χ2n) is 14.9. The van der Waals surface area contributed by atoms with E-state index in [9.17, 15) is 0 Å². The molecular weight excluding hydrogens is 652 g/mol. The number of nitrogens with one attached hydrogen (secondary N) is 1. The maximum absolute atomic E-state index is 9.06. The fraction of sp³-hybridized carbons (Fsp3) is 0.500. The SMILES string of the molecule is C=C(OCC)c1c(CCCCc2cccc3ccccc23)c2c(n1CCCCCC(C)(C)C)C(c1c(CC)nn(C)c1C)=C(Cl)CC2.CNC=O. The van der Waals surface area contributed by atoms with Gasteiger partial charge in [-0.15, -0.1) is 0 Å². The number of fused-ring (bicyclic) bond motifs is 2. The van der Waals surface area contributed by atoms with E-state index >= 15 is 0 Å². The van der Waals surface area contributed by atoms with E-state index in [1.54, 1.807) is 7.05 Å². The third-order valence-electron chi connectivity index (χ3n) is 10.1. The zero-order valence-electron chi connectivity index (χ0n) is 32.6. The first-order valence-electron chi connectivity index (χ1n) is 19.0. The van der Waals surface area contributed by atoms with Gasteiger partial charge in [-0.2, -0.15) is 5.10 Å². The van der Waals surface area contributed by atoms with Crippen molar-refractivity contribution in [3.05, 3.63) is 99.1 Å². The number of carbonyl (C=O) groups excluding carboxylic acids is 1. The van der Waals surface area contributed by atoms with E-state index in [-0.39, 0.29) is 0 Å². The van der Waals surface area contributed by atoms with Gasteiger partial charge in [0, 0.05) is 42.5 Å². The number of amides is 1. The van der Waals surface area contributed by atoms with Crippen LogP contribution in [0.1, 0.15) is 125 Å². The molecule has 2 aromatic heterocycles. The van der Waals surface area contributed by atoms with E-state index in [0.29, 0.717) is 18.4 Å². The number of benzene rings is 2. The van der Waals surface area contributed by atoms with Crippen LogP contribution in [-0.4, -0.2) is 34.4 Å². The van der Waals surface area contributed by atoms with Crippen LogP contribution in [0, 0.1) is 12.3 Å². The minimum atomic E-state index is 0.359. The Bertz CT molecular complexity index is 1820. The van der Waals surface area contributed by atoms with Crippen LogP contribution in [-0.2, 0) is 48.8 Å². The molecule has 0 radical (unpaired) electrons. The third kappa shape index (κ3) is 9.77. The van der Waals surface area contributed by atoms with Gasteiger partial charge in [-0.05, 0) is 105 Å². The van der Waals surface area contributed by atoms with Gasteiger partial charge in [0.05, 0.1) is 23.7 Å².